The summed E-state index contributed by atoms with van der Waals surface area (Å²) in [6.45, 7) is 1.78. The topological polar surface area (TPSA) is 80.8 Å². The van der Waals surface area contributed by atoms with Crippen LogP contribution in [0.2, 0.25) is 0 Å². The van der Waals surface area contributed by atoms with Crippen LogP contribution in [0, 0.1) is 35.5 Å². The van der Waals surface area contributed by atoms with E-state index in [9.17, 15) is 19.2 Å². The Hall–Kier alpha value is -3.54. The van der Waals surface area contributed by atoms with Crippen molar-refractivity contribution in [1.29, 1.82) is 0 Å². The molecule has 2 aromatic carbocycles. The molecule has 2 aromatic rings. The summed E-state index contributed by atoms with van der Waals surface area (Å²) in [6, 6.07) is 15.1. The van der Waals surface area contributed by atoms with Gasteiger partial charge in [-0.05, 0) is 54.7 Å². The largest absolute Gasteiger partial charge is 0.450 e. The van der Waals surface area contributed by atoms with Crippen LogP contribution in [0.4, 0.5) is 5.69 Å². The van der Waals surface area contributed by atoms with Crippen molar-refractivity contribution in [3.05, 3.63) is 77.9 Å². The van der Waals surface area contributed by atoms with Crippen LogP contribution in [-0.2, 0) is 14.3 Å². The van der Waals surface area contributed by atoms with E-state index < -0.39 is 12.1 Å². The van der Waals surface area contributed by atoms with Gasteiger partial charge in [0.15, 0.2) is 6.10 Å². The molecule has 7 rings (SSSR count). The van der Waals surface area contributed by atoms with Crippen LogP contribution in [0.1, 0.15) is 40.5 Å². The average Bonchev–Trinajstić information content (AvgIpc) is 3.65. The van der Waals surface area contributed by atoms with Crippen molar-refractivity contribution in [1.82, 2.24) is 0 Å². The van der Waals surface area contributed by atoms with E-state index >= 15 is 0 Å². The van der Waals surface area contributed by atoms with E-state index in [2.05, 4.69) is 12.2 Å². The highest BCUT2D eigenvalue weighted by atomic mass is 16.5. The van der Waals surface area contributed by atoms with Crippen LogP contribution < -0.4 is 4.90 Å². The molecule has 7 atom stereocenters. The Labute approximate surface area is 197 Å². The van der Waals surface area contributed by atoms with E-state index in [4.69, 9.17) is 4.74 Å². The fourth-order valence-corrected chi connectivity index (χ4v) is 6.29. The molecule has 3 fully saturated rings. The standard InChI is InChI=1S/C28H25NO5/c1-2-22(25(30)15-7-4-3-5-8-15)34-28(33)16-9-6-10-17(13-16)29-26(31)23-18-11-12-19(21-14-20(18)21)24(23)27(29)32/h3-13,18-24H,2,14H2,1H3/t18-,19-,20-,21-,22-,23+,24+/m0/s1. The van der Waals surface area contributed by atoms with E-state index in [0.29, 0.717) is 29.5 Å². The Balaban J connectivity index is 1.23. The molecule has 0 unspecified atom stereocenters. The zero-order valence-electron chi connectivity index (χ0n) is 18.8. The smallest absolute Gasteiger partial charge is 0.338 e. The number of rotatable bonds is 6. The van der Waals surface area contributed by atoms with E-state index in [1.54, 1.807) is 49.4 Å². The average molecular weight is 456 g/mol. The molecular weight excluding hydrogens is 430 g/mol. The van der Waals surface area contributed by atoms with Gasteiger partial charge in [0.1, 0.15) is 0 Å². The second-order valence-electron chi connectivity index (χ2n) is 9.75. The van der Waals surface area contributed by atoms with Gasteiger partial charge in [0.25, 0.3) is 0 Å². The summed E-state index contributed by atoms with van der Waals surface area (Å²) in [5.74, 6) is -0.505. The van der Waals surface area contributed by atoms with Crippen molar-refractivity contribution in [2.24, 2.45) is 35.5 Å². The number of allylic oxidation sites excluding steroid dienone is 2. The number of ether oxygens (including phenoxy) is 1. The highest BCUT2D eigenvalue weighted by Gasteiger charge is 2.67. The molecule has 4 aliphatic carbocycles. The molecule has 1 aliphatic heterocycles. The third-order valence-corrected chi connectivity index (χ3v) is 7.97. The van der Waals surface area contributed by atoms with Gasteiger partial charge in [0.05, 0.1) is 23.1 Å². The number of hydrogen-bond acceptors (Lipinski definition) is 5. The SMILES string of the molecule is CC[C@H](OC(=O)c1cccc(N2C(=O)[C@@H]3[C@H]4C=C[C@@H]([C@@H]5C[C@@H]45)[C@H]3C2=O)c1)C(=O)c1ccccc1. The molecule has 1 heterocycles. The van der Waals surface area contributed by atoms with Crippen molar-refractivity contribution < 1.29 is 23.9 Å². The molecule has 2 saturated carbocycles. The van der Waals surface area contributed by atoms with Gasteiger partial charge >= 0.3 is 5.97 Å². The number of ketones is 1. The zero-order valence-corrected chi connectivity index (χ0v) is 18.8. The first-order valence-electron chi connectivity index (χ1n) is 12.0. The summed E-state index contributed by atoms with van der Waals surface area (Å²) < 4.78 is 5.54. The summed E-state index contributed by atoms with van der Waals surface area (Å²) in [7, 11) is 0. The molecule has 0 N–H and O–H groups in total. The molecule has 0 aromatic heterocycles. The lowest BCUT2D eigenvalue weighted by atomic mass is 9.63. The minimum atomic E-state index is -0.912. The molecule has 1 saturated heterocycles. The van der Waals surface area contributed by atoms with E-state index in [0.717, 1.165) is 6.42 Å². The summed E-state index contributed by atoms with van der Waals surface area (Å²) in [5, 5.41) is 0. The summed E-state index contributed by atoms with van der Waals surface area (Å²) in [5.41, 5.74) is 1.07. The molecule has 2 amide bonds. The Morgan fingerprint density at radius 2 is 1.53 bits per heavy atom. The molecule has 6 heteroatoms. The molecule has 5 aliphatic rings. The number of benzene rings is 2. The quantitative estimate of drug-likeness (QED) is 0.284. The fraction of sp³-hybridized carbons (Fsp3) is 0.357. The normalized spacial score (nSPS) is 31.1. The Morgan fingerprint density at radius 3 is 2.15 bits per heavy atom. The fourth-order valence-electron chi connectivity index (χ4n) is 6.29. The van der Waals surface area contributed by atoms with Crippen molar-refractivity contribution in [3.8, 4) is 0 Å². The second kappa shape index (κ2) is 7.76. The minimum Gasteiger partial charge on any atom is -0.450 e. The van der Waals surface area contributed by atoms with Gasteiger partial charge in [-0.2, -0.15) is 0 Å². The predicted octanol–water partition coefficient (Wildman–Crippen LogP) is 4.06. The first-order valence-corrected chi connectivity index (χ1v) is 12.0. The molecule has 34 heavy (non-hydrogen) atoms. The summed E-state index contributed by atoms with van der Waals surface area (Å²) >= 11 is 0. The van der Waals surface area contributed by atoms with Crippen LogP contribution in [0.15, 0.2) is 66.7 Å². The minimum absolute atomic E-state index is 0.143. The summed E-state index contributed by atoms with van der Waals surface area (Å²) in [4.78, 5) is 53.7. The van der Waals surface area contributed by atoms with Crippen LogP contribution in [0.5, 0.6) is 0 Å². The first-order chi connectivity index (χ1) is 16.5. The van der Waals surface area contributed by atoms with Crippen molar-refractivity contribution in [2.75, 3.05) is 4.90 Å². The number of amides is 2. The van der Waals surface area contributed by atoms with Gasteiger partial charge in [0, 0.05) is 5.56 Å². The number of nitrogens with zero attached hydrogens (tertiary/aromatic N) is 1. The molecule has 0 spiro atoms. The lowest BCUT2D eigenvalue weighted by Crippen LogP contribution is -2.40. The maximum absolute atomic E-state index is 13.4. The summed E-state index contributed by atoms with van der Waals surface area (Å²) in [6.07, 6.45) is 4.81. The number of esters is 1. The lowest BCUT2D eigenvalue weighted by Gasteiger charge is -2.37. The zero-order chi connectivity index (χ0) is 23.6. The molecular formula is C28H25NO5. The number of Topliss-reactive ketones (excluding diaryl/α,β-unsaturated/α-hetero) is 1. The van der Waals surface area contributed by atoms with Gasteiger partial charge in [0.2, 0.25) is 17.6 Å². The van der Waals surface area contributed by atoms with Crippen LogP contribution in [0.25, 0.3) is 0 Å². The van der Waals surface area contributed by atoms with Crippen molar-refractivity contribution >= 4 is 29.3 Å². The number of carbonyl (C=O) groups is 4. The van der Waals surface area contributed by atoms with Crippen LogP contribution >= 0.6 is 0 Å². The Kier molecular flexibility index (Phi) is 4.80. The molecule has 6 nitrogen and oxygen atoms in total. The number of hydrogen-bond donors (Lipinski definition) is 0. The highest BCUT2D eigenvalue weighted by Crippen LogP contribution is 2.65. The third kappa shape index (κ3) is 3.08. The van der Waals surface area contributed by atoms with Crippen molar-refractivity contribution in [3.63, 3.8) is 0 Å². The first kappa shape index (κ1) is 21.0. The number of carbonyl (C=O) groups excluding carboxylic acids is 4. The van der Waals surface area contributed by atoms with Gasteiger partial charge in [-0.25, -0.2) is 9.69 Å². The maximum atomic E-state index is 13.4. The Morgan fingerprint density at radius 1 is 0.912 bits per heavy atom. The molecule has 172 valence electrons. The molecule has 0 radical (unpaired) electrons. The van der Waals surface area contributed by atoms with Gasteiger partial charge in [-0.3, -0.25) is 14.4 Å². The second-order valence-corrected chi connectivity index (χ2v) is 9.75. The van der Waals surface area contributed by atoms with Gasteiger partial charge in [-0.1, -0.05) is 55.5 Å². The highest BCUT2D eigenvalue weighted by molar-refractivity contribution is 6.23. The van der Waals surface area contributed by atoms with Crippen molar-refractivity contribution in [2.45, 2.75) is 25.9 Å². The maximum Gasteiger partial charge on any atom is 0.338 e. The van der Waals surface area contributed by atoms with Crippen LogP contribution in [-0.4, -0.2) is 29.7 Å². The van der Waals surface area contributed by atoms with Gasteiger partial charge < -0.3 is 4.74 Å². The van der Waals surface area contributed by atoms with E-state index in [1.165, 1.54) is 11.0 Å². The van der Waals surface area contributed by atoms with Gasteiger partial charge in [-0.15, -0.1) is 0 Å². The van der Waals surface area contributed by atoms with E-state index in [-0.39, 0.29) is 46.8 Å². The molecule has 2 bridgehead atoms. The van der Waals surface area contributed by atoms with Crippen LogP contribution in [0.3, 0.4) is 0 Å². The third-order valence-electron chi connectivity index (χ3n) is 7.97. The lowest BCUT2D eigenvalue weighted by molar-refractivity contribution is -0.124. The predicted molar refractivity (Wildman–Crippen MR) is 124 cm³/mol. The monoisotopic (exact) mass is 455 g/mol. The number of imide groups is 1. The number of anilines is 1. The van der Waals surface area contributed by atoms with E-state index in [1.807, 2.05) is 6.07 Å². The Bertz CT molecular complexity index is 1200.